The fourth-order valence-electron chi connectivity index (χ4n) is 1.88. The van der Waals surface area contributed by atoms with Crippen LogP contribution in [0.15, 0.2) is 47.1 Å². The van der Waals surface area contributed by atoms with Crippen LogP contribution in [0.5, 0.6) is 11.6 Å². The number of benzene rings is 1. The Labute approximate surface area is 129 Å². The predicted octanol–water partition coefficient (Wildman–Crippen LogP) is 5.15. The highest BCUT2D eigenvalue weighted by Crippen LogP contribution is 2.32. The topological polar surface area (TPSA) is 35.0 Å². The van der Waals surface area contributed by atoms with E-state index in [0.29, 0.717) is 21.1 Å². The molecule has 1 aromatic carbocycles. The normalized spacial score (nSPS) is 10.8. The maximum absolute atomic E-state index is 5.88. The molecule has 0 atom stereocenters. The minimum atomic E-state index is 0.463. The Balaban J connectivity index is 2.08. The highest BCUT2D eigenvalue weighted by molar-refractivity contribution is 9.10. The summed E-state index contributed by atoms with van der Waals surface area (Å²) in [4.78, 5) is 8.70. The zero-order valence-corrected chi connectivity index (χ0v) is 12.9. The summed E-state index contributed by atoms with van der Waals surface area (Å²) in [6.45, 7) is 1.95. The van der Waals surface area contributed by atoms with E-state index in [0.717, 1.165) is 16.6 Å². The van der Waals surface area contributed by atoms with Crippen LogP contribution >= 0.6 is 27.5 Å². The van der Waals surface area contributed by atoms with Crippen molar-refractivity contribution < 1.29 is 4.74 Å². The number of fused-ring (bicyclic) bond motifs is 1. The lowest BCUT2D eigenvalue weighted by Gasteiger charge is -2.09. The number of hydrogen-bond acceptors (Lipinski definition) is 3. The Kier molecular flexibility index (Phi) is 3.59. The summed E-state index contributed by atoms with van der Waals surface area (Å²) in [6, 6.07) is 11.5. The van der Waals surface area contributed by atoms with Gasteiger partial charge in [0.2, 0.25) is 5.88 Å². The molecule has 5 heteroatoms. The number of hydrogen-bond donors (Lipinski definition) is 0. The quantitative estimate of drug-likeness (QED) is 0.642. The number of aromatic nitrogens is 2. The van der Waals surface area contributed by atoms with Gasteiger partial charge in [-0.25, -0.2) is 9.97 Å². The summed E-state index contributed by atoms with van der Waals surface area (Å²) in [5, 5.41) is 1.58. The van der Waals surface area contributed by atoms with E-state index in [1.807, 2.05) is 37.3 Å². The van der Waals surface area contributed by atoms with E-state index in [9.17, 15) is 0 Å². The highest BCUT2D eigenvalue weighted by Gasteiger charge is 2.09. The lowest BCUT2D eigenvalue weighted by atomic mass is 10.2. The average Bonchev–Trinajstić information content (AvgIpc) is 2.42. The fraction of sp³-hybridized carbons (Fsp3) is 0.0667. The van der Waals surface area contributed by atoms with Crippen LogP contribution < -0.4 is 4.74 Å². The lowest BCUT2D eigenvalue weighted by molar-refractivity contribution is 0.464. The molecule has 0 radical (unpaired) electrons. The standard InChI is InChI=1S/C15H10BrClN2O/c1-9-5-6-10-3-2-4-13(14(10)19-9)20-15-12(16)7-11(17)8-18-15/h2-8H,1H3. The van der Waals surface area contributed by atoms with Crippen molar-refractivity contribution in [1.82, 2.24) is 9.97 Å². The van der Waals surface area contributed by atoms with Gasteiger partial charge in [0.15, 0.2) is 5.75 Å². The molecule has 0 saturated carbocycles. The van der Waals surface area contributed by atoms with Gasteiger partial charge in [0.25, 0.3) is 0 Å². The van der Waals surface area contributed by atoms with Crippen molar-refractivity contribution in [1.29, 1.82) is 0 Å². The van der Waals surface area contributed by atoms with Crippen molar-refractivity contribution in [2.75, 3.05) is 0 Å². The Morgan fingerprint density at radius 1 is 1.20 bits per heavy atom. The Morgan fingerprint density at radius 2 is 2.05 bits per heavy atom. The first-order chi connectivity index (χ1) is 9.63. The molecule has 3 nitrogen and oxygen atoms in total. The van der Waals surface area contributed by atoms with Crippen LogP contribution in [0.4, 0.5) is 0 Å². The maximum atomic E-state index is 5.88. The summed E-state index contributed by atoms with van der Waals surface area (Å²) in [5.41, 5.74) is 1.76. The van der Waals surface area contributed by atoms with Crippen LogP contribution in [0.3, 0.4) is 0 Å². The summed E-state index contributed by atoms with van der Waals surface area (Å²) in [6.07, 6.45) is 1.55. The molecule has 100 valence electrons. The van der Waals surface area contributed by atoms with Crippen molar-refractivity contribution in [3.8, 4) is 11.6 Å². The molecule has 0 amide bonds. The largest absolute Gasteiger partial charge is 0.436 e. The zero-order valence-electron chi connectivity index (χ0n) is 10.6. The highest BCUT2D eigenvalue weighted by atomic mass is 79.9. The van der Waals surface area contributed by atoms with Crippen LogP contribution in [0.1, 0.15) is 5.69 Å². The van der Waals surface area contributed by atoms with Gasteiger partial charge >= 0.3 is 0 Å². The molecule has 3 rings (SSSR count). The molecule has 2 heterocycles. The molecule has 3 aromatic rings. The van der Waals surface area contributed by atoms with Crippen molar-refractivity contribution >= 4 is 38.4 Å². The van der Waals surface area contributed by atoms with Gasteiger partial charge in [-0.2, -0.15) is 0 Å². The van der Waals surface area contributed by atoms with Gasteiger partial charge in [-0.3, -0.25) is 0 Å². The molecule has 0 N–H and O–H groups in total. The minimum Gasteiger partial charge on any atom is -0.436 e. The van der Waals surface area contributed by atoms with Crippen LogP contribution in [0.25, 0.3) is 10.9 Å². The Morgan fingerprint density at radius 3 is 2.85 bits per heavy atom. The summed E-state index contributed by atoms with van der Waals surface area (Å²) in [7, 11) is 0. The number of nitrogens with zero attached hydrogens (tertiary/aromatic N) is 2. The van der Waals surface area contributed by atoms with Gasteiger partial charge in [0.05, 0.1) is 9.50 Å². The van der Waals surface area contributed by atoms with Gasteiger partial charge in [0.1, 0.15) is 5.52 Å². The van der Waals surface area contributed by atoms with E-state index >= 15 is 0 Å². The number of ether oxygens (including phenoxy) is 1. The third-order valence-electron chi connectivity index (χ3n) is 2.80. The second kappa shape index (κ2) is 5.38. The van der Waals surface area contributed by atoms with Crippen molar-refractivity contribution in [2.45, 2.75) is 6.92 Å². The molecule has 0 aliphatic carbocycles. The lowest BCUT2D eigenvalue weighted by Crippen LogP contribution is -1.92. The van der Waals surface area contributed by atoms with Crippen molar-refractivity contribution in [3.05, 3.63) is 57.8 Å². The van der Waals surface area contributed by atoms with Crippen LogP contribution in [0.2, 0.25) is 5.02 Å². The second-order valence-corrected chi connectivity index (χ2v) is 5.61. The van der Waals surface area contributed by atoms with E-state index in [2.05, 4.69) is 25.9 Å². The predicted molar refractivity (Wildman–Crippen MR) is 83.5 cm³/mol. The Bertz CT molecular complexity index is 792. The third-order valence-corrected chi connectivity index (χ3v) is 3.58. The molecule has 0 unspecified atom stereocenters. The first kappa shape index (κ1) is 13.3. The summed E-state index contributed by atoms with van der Waals surface area (Å²) < 4.78 is 6.56. The van der Waals surface area contributed by atoms with Gasteiger partial charge in [-0.15, -0.1) is 0 Å². The van der Waals surface area contributed by atoms with Gasteiger partial charge in [-0.05, 0) is 41.1 Å². The molecule has 20 heavy (non-hydrogen) atoms. The Hall–Kier alpha value is -1.65. The molecular formula is C15H10BrClN2O. The number of pyridine rings is 2. The number of rotatable bonds is 2. The van der Waals surface area contributed by atoms with E-state index in [1.54, 1.807) is 12.3 Å². The second-order valence-electron chi connectivity index (χ2n) is 4.32. The van der Waals surface area contributed by atoms with Crippen LogP contribution in [-0.2, 0) is 0 Å². The fourth-order valence-corrected chi connectivity index (χ4v) is 2.60. The van der Waals surface area contributed by atoms with Gasteiger partial charge < -0.3 is 4.74 Å². The zero-order chi connectivity index (χ0) is 14.1. The molecule has 0 fully saturated rings. The monoisotopic (exact) mass is 348 g/mol. The van der Waals surface area contributed by atoms with E-state index in [4.69, 9.17) is 16.3 Å². The van der Waals surface area contributed by atoms with E-state index < -0.39 is 0 Å². The molecule has 0 spiro atoms. The van der Waals surface area contributed by atoms with E-state index in [-0.39, 0.29) is 0 Å². The van der Waals surface area contributed by atoms with Gasteiger partial charge in [-0.1, -0.05) is 29.8 Å². The molecule has 0 saturated heterocycles. The SMILES string of the molecule is Cc1ccc2cccc(Oc3ncc(Cl)cc3Br)c2n1. The van der Waals surface area contributed by atoms with Crippen molar-refractivity contribution in [3.63, 3.8) is 0 Å². The first-order valence-electron chi connectivity index (χ1n) is 5.99. The first-order valence-corrected chi connectivity index (χ1v) is 7.16. The molecule has 0 aliphatic heterocycles. The number of halogens is 2. The van der Waals surface area contributed by atoms with E-state index in [1.165, 1.54) is 0 Å². The number of aryl methyl sites for hydroxylation is 1. The molecule has 2 aromatic heterocycles. The van der Waals surface area contributed by atoms with Crippen LogP contribution in [-0.4, -0.2) is 9.97 Å². The smallest absolute Gasteiger partial charge is 0.233 e. The van der Waals surface area contributed by atoms with Gasteiger partial charge in [0, 0.05) is 17.3 Å². The van der Waals surface area contributed by atoms with Crippen LogP contribution in [0, 0.1) is 6.92 Å². The number of para-hydroxylation sites is 1. The molecular weight excluding hydrogens is 340 g/mol. The average molecular weight is 350 g/mol. The van der Waals surface area contributed by atoms with Crippen molar-refractivity contribution in [2.24, 2.45) is 0 Å². The summed E-state index contributed by atoms with van der Waals surface area (Å²) >= 11 is 9.27. The third kappa shape index (κ3) is 2.62. The maximum Gasteiger partial charge on any atom is 0.233 e. The minimum absolute atomic E-state index is 0.463. The molecule has 0 aliphatic rings. The molecule has 0 bridgehead atoms. The summed E-state index contributed by atoms with van der Waals surface area (Å²) in [5.74, 6) is 1.13.